The van der Waals surface area contributed by atoms with E-state index in [0.717, 1.165) is 34.0 Å². The number of carbonyl (C=O) groups excluding carboxylic acids is 1. The molecular formula is C13H13BrO2. The Morgan fingerprint density at radius 1 is 1.44 bits per heavy atom. The van der Waals surface area contributed by atoms with Crippen molar-refractivity contribution >= 4 is 21.7 Å². The molecule has 0 spiro atoms. The van der Waals surface area contributed by atoms with Crippen molar-refractivity contribution in [3.05, 3.63) is 45.6 Å². The minimum atomic E-state index is 0.0819. The van der Waals surface area contributed by atoms with Crippen LogP contribution in [0.2, 0.25) is 0 Å². The summed E-state index contributed by atoms with van der Waals surface area (Å²) >= 11 is 3.39. The van der Waals surface area contributed by atoms with E-state index in [1.54, 1.807) is 6.26 Å². The summed E-state index contributed by atoms with van der Waals surface area (Å²) in [6.07, 6.45) is 3.33. The highest BCUT2D eigenvalue weighted by molar-refractivity contribution is 9.10. The topological polar surface area (TPSA) is 26.3 Å². The maximum atomic E-state index is 12.2. The third-order valence-corrected chi connectivity index (χ3v) is 3.16. The molecule has 2 rings (SSSR count). The molecule has 1 aromatic rings. The van der Waals surface area contributed by atoms with Crippen molar-refractivity contribution in [3.8, 4) is 0 Å². The number of rotatable bonds is 2. The van der Waals surface area contributed by atoms with E-state index < -0.39 is 0 Å². The zero-order valence-electron chi connectivity index (χ0n) is 9.13. The Morgan fingerprint density at radius 2 is 2.25 bits per heavy atom. The van der Waals surface area contributed by atoms with Crippen LogP contribution in [0, 0.1) is 6.92 Å². The number of halogens is 1. The molecule has 0 fully saturated rings. The molecule has 1 heterocycles. The summed E-state index contributed by atoms with van der Waals surface area (Å²) in [4.78, 5) is 12.2. The molecule has 0 aliphatic carbocycles. The molecule has 1 aliphatic heterocycles. The van der Waals surface area contributed by atoms with Crippen LogP contribution in [0.4, 0.5) is 0 Å². The summed E-state index contributed by atoms with van der Waals surface area (Å²) in [5, 5.41) is 0. The quantitative estimate of drug-likeness (QED) is 0.774. The van der Waals surface area contributed by atoms with Crippen molar-refractivity contribution < 1.29 is 9.53 Å². The van der Waals surface area contributed by atoms with E-state index >= 15 is 0 Å². The van der Waals surface area contributed by atoms with Crippen molar-refractivity contribution in [3.63, 3.8) is 0 Å². The van der Waals surface area contributed by atoms with Crippen LogP contribution in [0.5, 0.6) is 0 Å². The second-order valence-electron chi connectivity index (χ2n) is 3.91. The van der Waals surface area contributed by atoms with E-state index in [9.17, 15) is 4.79 Å². The number of hydrogen-bond acceptors (Lipinski definition) is 2. The third-order valence-electron chi connectivity index (χ3n) is 2.67. The molecule has 0 N–H and O–H groups in total. The van der Waals surface area contributed by atoms with Gasteiger partial charge in [0.1, 0.15) is 0 Å². The Bertz CT molecular complexity index is 449. The first kappa shape index (κ1) is 11.4. The average Bonchev–Trinajstić information content (AvgIpc) is 2.32. The number of aryl methyl sites for hydroxylation is 1. The molecule has 0 radical (unpaired) electrons. The first-order valence-corrected chi connectivity index (χ1v) is 6.09. The summed E-state index contributed by atoms with van der Waals surface area (Å²) < 4.78 is 6.13. The van der Waals surface area contributed by atoms with Crippen molar-refractivity contribution in [1.29, 1.82) is 0 Å². The summed E-state index contributed by atoms with van der Waals surface area (Å²) in [5.41, 5.74) is 2.53. The number of hydrogen-bond donors (Lipinski definition) is 0. The molecule has 0 atom stereocenters. The zero-order valence-corrected chi connectivity index (χ0v) is 10.7. The van der Waals surface area contributed by atoms with Gasteiger partial charge in [0, 0.05) is 15.6 Å². The lowest BCUT2D eigenvalue weighted by molar-refractivity contribution is 0.101. The Labute approximate surface area is 103 Å². The fourth-order valence-corrected chi connectivity index (χ4v) is 2.10. The molecule has 0 saturated carbocycles. The van der Waals surface area contributed by atoms with Gasteiger partial charge in [-0.05, 0) is 37.5 Å². The molecule has 1 aliphatic rings. The van der Waals surface area contributed by atoms with E-state index in [-0.39, 0.29) is 5.78 Å². The minimum absolute atomic E-state index is 0.0819. The monoisotopic (exact) mass is 280 g/mol. The average molecular weight is 281 g/mol. The molecule has 1 aromatic carbocycles. The highest BCUT2D eigenvalue weighted by atomic mass is 79.9. The van der Waals surface area contributed by atoms with Gasteiger partial charge in [0.2, 0.25) is 0 Å². The van der Waals surface area contributed by atoms with E-state index in [1.165, 1.54) is 0 Å². The van der Waals surface area contributed by atoms with Gasteiger partial charge in [-0.15, -0.1) is 0 Å². The van der Waals surface area contributed by atoms with E-state index in [1.807, 2.05) is 25.1 Å². The normalized spacial score (nSPS) is 15.2. The molecule has 0 amide bonds. The van der Waals surface area contributed by atoms with Gasteiger partial charge in [-0.25, -0.2) is 0 Å². The molecule has 3 heteroatoms. The Hall–Kier alpha value is -1.09. The standard InChI is InChI=1S/C13H13BrO2/c1-9-4-5-11(14)7-12(9)13(15)10-3-2-6-16-8-10/h4-5,7-8H,2-3,6H2,1H3. The SMILES string of the molecule is Cc1ccc(Br)cc1C(=O)C1=COCCC1. The van der Waals surface area contributed by atoms with Gasteiger partial charge in [0.05, 0.1) is 12.9 Å². The maximum absolute atomic E-state index is 12.2. The number of ether oxygens (including phenoxy) is 1. The smallest absolute Gasteiger partial charge is 0.192 e. The first-order chi connectivity index (χ1) is 7.68. The lowest BCUT2D eigenvalue weighted by Crippen LogP contribution is -2.10. The minimum Gasteiger partial charge on any atom is -0.501 e. The van der Waals surface area contributed by atoms with Gasteiger partial charge in [0.25, 0.3) is 0 Å². The van der Waals surface area contributed by atoms with Crippen LogP contribution in [-0.4, -0.2) is 12.4 Å². The lowest BCUT2D eigenvalue weighted by Gasteiger charge is -2.13. The van der Waals surface area contributed by atoms with E-state index in [2.05, 4.69) is 15.9 Å². The zero-order chi connectivity index (χ0) is 11.5. The first-order valence-electron chi connectivity index (χ1n) is 5.30. The molecule has 0 aromatic heterocycles. The summed E-state index contributed by atoms with van der Waals surface area (Å²) in [6.45, 7) is 2.66. The summed E-state index contributed by atoms with van der Waals surface area (Å²) in [6, 6.07) is 5.76. The second kappa shape index (κ2) is 4.83. The number of ketones is 1. The fraction of sp³-hybridized carbons (Fsp3) is 0.308. The largest absolute Gasteiger partial charge is 0.501 e. The summed E-state index contributed by atoms with van der Waals surface area (Å²) in [7, 11) is 0. The van der Waals surface area contributed by atoms with Gasteiger partial charge in [0.15, 0.2) is 5.78 Å². The lowest BCUT2D eigenvalue weighted by atomic mass is 9.96. The van der Waals surface area contributed by atoms with Gasteiger partial charge in [-0.1, -0.05) is 22.0 Å². The number of Topliss-reactive ketones (excluding diaryl/α,β-unsaturated/α-hetero) is 1. The molecule has 0 saturated heterocycles. The molecule has 16 heavy (non-hydrogen) atoms. The van der Waals surface area contributed by atoms with Crippen LogP contribution in [0.1, 0.15) is 28.8 Å². The number of carbonyl (C=O) groups is 1. The van der Waals surface area contributed by atoms with Crippen LogP contribution in [0.25, 0.3) is 0 Å². The molecule has 2 nitrogen and oxygen atoms in total. The summed E-state index contributed by atoms with van der Waals surface area (Å²) in [5.74, 6) is 0.0819. The van der Waals surface area contributed by atoms with Crippen LogP contribution >= 0.6 is 15.9 Å². The predicted octanol–water partition coefficient (Wildman–Crippen LogP) is 3.63. The van der Waals surface area contributed by atoms with Crippen molar-refractivity contribution in [2.45, 2.75) is 19.8 Å². The predicted molar refractivity (Wildman–Crippen MR) is 66.5 cm³/mol. The van der Waals surface area contributed by atoms with Crippen LogP contribution in [-0.2, 0) is 4.74 Å². The van der Waals surface area contributed by atoms with Crippen LogP contribution in [0.15, 0.2) is 34.5 Å². The molecule has 84 valence electrons. The molecule has 0 unspecified atom stereocenters. The molecule has 0 bridgehead atoms. The van der Waals surface area contributed by atoms with Crippen molar-refractivity contribution in [2.24, 2.45) is 0 Å². The fourth-order valence-electron chi connectivity index (χ4n) is 1.74. The van der Waals surface area contributed by atoms with Crippen LogP contribution < -0.4 is 0 Å². The van der Waals surface area contributed by atoms with Crippen LogP contribution in [0.3, 0.4) is 0 Å². The Balaban J connectivity index is 2.33. The Kier molecular flexibility index (Phi) is 3.44. The van der Waals surface area contributed by atoms with Gasteiger partial charge < -0.3 is 4.74 Å². The van der Waals surface area contributed by atoms with Crippen molar-refractivity contribution in [1.82, 2.24) is 0 Å². The van der Waals surface area contributed by atoms with Crippen molar-refractivity contribution in [2.75, 3.05) is 6.61 Å². The second-order valence-corrected chi connectivity index (χ2v) is 4.82. The van der Waals surface area contributed by atoms with E-state index in [4.69, 9.17) is 4.74 Å². The third kappa shape index (κ3) is 2.35. The number of benzene rings is 1. The van der Waals surface area contributed by atoms with Gasteiger partial charge >= 0.3 is 0 Å². The van der Waals surface area contributed by atoms with E-state index in [0.29, 0.717) is 6.61 Å². The highest BCUT2D eigenvalue weighted by Gasteiger charge is 2.17. The molecular weight excluding hydrogens is 268 g/mol. The van der Waals surface area contributed by atoms with Gasteiger partial charge in [-0.3, -0.25) is 4.79 Å². The Morgan fingerprint density at radius 3 is 2.94 bits per heavy atom. The highest BCUT2D eigenvalue weighted by Crippen LogP contribution is 2.22. The maximum Gasteiger partial charge on any atom is 0.192 e. The number of allylic oxidation sites excluding steroid dienone is 1. The van der Waals surface area contributed by atoms with Gasteiger partial charge in [-0.2, -0.15) is 0 Å².